The average Bonchev–Trinajstić information content (AvgIpc) is 2.66. The van der Waals surface area contributed by atoms with Crippen molar-refractivity contribution in [2.45, 2.75) is 32.7 Å². The van der Waals surface area contributed by atoms with Gasteiger partial charge in [-0.2, -0.15) is 0 Å². The van der Waals surface area contributed by atoms with Gasteiger partial charge < -0.3 is 10.5 Å². The highest BCUT2D eigenvalue weighted by atomic mass is 32.2. The molecule has 2 heterocycles. The highest BCUT2D eigenvalue weighted by molar-refractivity contribution is 8.13. The summed E-state index contributed by atoms with van der Waals surface area (Å²) in [5.41, 5.74) is 6.16. The molecule has 0 saturated heterocycles. The van der Waals surface area contributed by atoms with Crippen LogP contribution < -0.4 is 10.5 Å². The Labute approximate surface area is 167 Å². The van der Waals surface area contributed by atoms with Crippen molar-refractivity contribution in [2.75, 3.05) is 12.9 Å². The molecular formula is C20H23FN4O2S. The number of ether oxygens (including phenoxy) is 1. The van der Waals surface area contributed by atoms with Crippen molar-refractivity contribution in [2.24, 2.45) is 16.1 Å². The predicted molar refractivity (Wildman–Crippen MR) is 108 cm³/mol. The first kappa shape index (κ1) is 20.3. The van der Waals surface area contributed by atoms with Crippen molar-refractivity contribution >= 4 is 22.7 Å². The van der Waals surface area contributed by atoms with Crippen LogP contribution >= 0.6 is 11.8 Å². The maximum Gasteiger partial charge on any atom is 0.232 e. The number of aliphatic imine (C=N–C) groups is 1. The number of carbonyl (C=O) groups is 1. The van der Waals surface area contributed by atoms with Gasteiger partial charge in [-0.3, -0.25) is 9.79 Å². The quantitative estimate of drug-likeness (QED) is 0.772. The van der Waals surface area contributed by atoms with Gasteiger partial charge in [-0.15, -0.1) is 0 Å². The van der Waals surface area contributed by atoms with Gasteiger partial charge in [-0.05, 0) is 24.6 Å². The first-order chi connectivity index (χ1) is 13.2. The molecule has 1 aromatic carbocycles. The van der Waals surface area contributed by atoms with E-state index in [1.54, 1.807) is 12.1 Å². The molecule has 3 rings (SSSR count). The second kappa shape index (κ2) is 7.50. The Kier molecular flexibility index (Phi) is 5.43. The lowest BCUT2D eigenvalue weighted by Crippen LogP contribution is -2.45. The predicted octanol–water partition coefficient (Wildman–Crippen LogP) is 3.35. The molecule has 28 heavy (non-hydrogen) atoms. The SMILES string of the molecule is COc1cnc(C(=O)Cc2ccc(F)c([C@@]3(C)N=C(N)SCC3(C)C)c2)cn1. The van der Waals surface area contributed by atoms with Crippen molar-refractivity contribution in [1.29, 1.82) is 0 Å². The summed E-state index contributed by atoms with van der Waals surface area (Å²) in [7, 11) is 1.48. The van der Waals surface area contributed by atoms with E-state index in [1.807, 2.05) is 20.8 Å². The molecule has 8 heteroatoms. The molecule has 0 radical (unpaired) electrons. The summed E-state index contributed by atoms with van der Waals surface area (Å²) in [6, 6.07) is 4.69. The van der Waals surface area contributed by atoms with Crippen LogP contribution in [0.3, 0.4) is 0 Å². The zero-order chi connectivity index (χ0) is 20.5. The Hall–Kier alpha value is -2.48. The molecule has 1 aromatic heterocycles. The fraction of sp³-hybridized carbons (Fsp3) is 0.400. The summed E-state index contributed by atoms with van der Waals surface area (Å²) >= 11 is 1.47. The fourth-order valence-electron chi connectivity index (χ4n) is 3.12. The number of amidine groups is 1. The molecule has 0 fully saturated rings. The number of methoxy groups -OCH3 is 1. The number of halogens is 1. The van der Waals surface area contributed by atoms with Crippen LogP contribution in [0.15, 0.2) is 35.6 Å². The monoisotopic (exact) mass is 402 g/mol. The number of benzene rings is 1. The Bertz CT molecular complexity index is 930. The molecule has 0 spiro atoms. The zero-order valence-electron chi connectivity index (χ0n) is 16.3. The van der Waals surface area contributed by atoms with Gasteiger partial charge in [0.2, 0.25) is 5.88 Å². The summed E-state index contributed by atoms with van der Waals surface area (Å²) in [4.78, 5) is 25.2. The molecule has 1 aliphatic rings. The molecule has 1 aliphatic heterocycles. The van der Waals surface area contributed by atoms with Crippen LogP contribution in [0.5, 0.6) is 5.88 Å². The third-order valence-corrected chi connectivity index (χ3v) is 6.53. The Balaban J connectivity index is 1.93. The standard InChI is InChI=1S/C20H23FN4O2S/c1-19(2)11-28-18(22)25-20(19,3)13-7-12(5-6-14(13)21)8-16(26)15-9-24-17(27-4)10-23-15/h5-7,9-10H,8,11H2,1-4H3,(H2,22,25)/t20-/m1/s1. The van der Waals surface area contributed by atoms with Crippen LogP contribution in [0.1, 0.15) is 42.4 Å². The van der Waals surface area contributed by atoms with E-state index in [4.69, 9.17) is 10.5 Å². The highest BCUT2D eigenvalue weighted by Crippen LogP contribution is 2.48. The van der Waals surface area contributed by atoms with Crippen molar-refractivity contribution in [3.63, 3.8) is 0 Å². The minimum atomic E-state index is -0.828. The van der Waals surface area contributed by atoms with E-state index in [2.05, 4.69) is 15.0 Å². The summed E-state index contributed by atoms with van der Waals surface area (Å²) in [5.74, 6) is 0.489. The van der Waals surface area contributed by atoms with Crippen LogP contribution in [-0.4, -0.2) is 33.8 Å². The molecule has 0 saturated carbocycles. The maximum atomic E-state index is 14.8. The van der Waals surface area contributed by atoms with E-state index in [1.165, 1.54) is 37.3 Å². The molecule has 6 nitrogen and oxygen atoms in total. The number of aromatic nitrogens is 2. The first-order valence-corrected chi connectivity index (χ1v) is 9.81. The number of ketones is 1. The molecule has 0 bridgehead atoms. The topological polar surface area (TPSA) is 90.5 Å². The fourth-order valence-corrected chi connectivity index (χ4v) is 4.16. The van der Waals surface area contributed by atoms with Gasteiger partial charge in [-0.1, -0.05) is 31.7 Å². The largest absolute Gasteiger partial charge is 0.480 e. The van der Waals surface area contributed by atoms with E-state index in [0.29, 0.717) is 22.2 Å². The lowest BCUT2D eigenvalue weighted by molar-refractivity contribution is 0.0987. The average molecular weight is 402 g/mol. The molecule has 2 N–H and O–H groups in total. The van der Waals surface area contributed by atoms with E-state index in [-0.39, 0.29) is 29.1 Å². The lowest BCUT2D eigenvalue weighted by atomic mass is 9.70. The molecule has 0 aliphatic carbocycles. The number of nitrogens with zero attached hydrogens (tertiary/aromatic N) is 3. The van der Waals surface area contributed by atoms with Gasteiger partial charge in [0, 0.05) is 23.2 Å². The maximum absolute atomic E-state index is 14.8. The smallest absolute Gasteiger partial charge is 0.232 e. The number of hydrogen-bond donors (Lipinski definition) is 1. The second-order valence-corrected chi connectivity index (χ2v) is 8.55. The molecular weight excluding hydrogens is 379 g/mol. The molecule has 148 valence electrons. The minimum Gasteiger partial charge on any atom is -0.480 e. The van der Waals surface area contributed by atoms with E-state index in [0.717, 1.165) is 5.75 Å². The Morgan fingerprint density at radius 2 is 2.04 bits per heavy atom. The van der Waals surface area contributed by atoms with E-state index in [9.17, 15) is 9.18 Å². The Morgan fingerprint density at radius 3 is 2.68 bits per heavy atom. The number of hydrogen-bond acceptors (Lipinski definition) is 7. The van der Waals surface area contributed by atoms with Crippen molar-refractivity contribution in [3.05, 3.63) is 53.2 Å². The van der Waals surface area contributed by atoms with Crippen molar-refractivity contribution in [3.8, 4) is 5.88 Å². The van der Waals surface area contributed by atoms with Crippen LogP contribution in [0.4, 0.5) is 4.39 Å². The van der Waals surface area contributed by atoms with E-state index >= 15 is 0 Å². The number of thioether (sulfide) groups is 1. The minimum absolute atomic E-state index is 0.0821. The normalized spacial score (nSPS) is 21.1. The summed E-state index contributed by atoms with van der Waals surface area (Å²) in [6.07, 6.45) is 2.85. The number of carbonyl (C=O) groups excluding carboxylic acids is 1. The van der Waals surface area contributed by atoms with Crippen LogP contribution in [0.2, 0.25) is 0 Å². The van der Waals surface area contributed by atoms with Gasteiger partial charge in [-0.25, -0.2) is 14.4 Å². The van der Waals surface area contributed by atoms with Crippen LogP contribution in [0, 0.1) is 11.2 Å². The number of Topliss-reactive ketones (excluding diaryl/α,β-unsaturated/α-hetero) is 1. The van der Waals surface area contributed by atoms with Crippen molar-refractivity contribution < 1.29 is 13.9 Å². The first-order valence-electron chi connectivity index (χ1n) is 8.82. The van der Waals surface area contributed by atoms with Gasteiger partial charge >= 0.3 is 0 Å². The zero-order valence-corrected chi connectivity index (χ0v) is 17.1. The Morgan fingerprint density at radius 1 is 1.29 bits per heavy atom. The second-order valence-electron chi connectivity index (χ2n) is 7.55. The van der Waals surface area contributed by atoms with E-state index < -0.39 is 5.54 Å². The lowest BCUT2D eigenvalue weighted by Gasteiger charge is -2.44. The van der Waals surface area contributed by atoms with Crippen LogP contribution in [0.25, 0.3) is 0 Å². The number of nitrogens with two attached hydrogens (primary N) is 1. The van der Waals surface area contributed by atoms with Gasteiger partial charge in [0.25, 0.3) is 0 Å². The molecule has 0 unspecified atom stereocenters. The summed E-state index contributed by atoms with van der Waals surface area (Å²) < 4.78 is 19.7. The van der Waals surface area contributed by atoms with Gasteiger partial charge in [0.05, 0.1) is 25.0 Å². The molecule has 0 amide bonds. The summed E-state index contributed by atoms with van der Waals surface area (Å²) in [6.45, 7) is 5.97. The van der Waals surface area contributed by atoms with Crippen molar-refractivity contribution in [1.82, 2.24) is 9.97 Å². The third kappa shape index (κ3) is 3.73. The third-order valence-electron chi connectivity index (χ3n) is 5.28. The van der Waals surface area contributed by atoms with Gasteiger partial charge in [0.1, 0.15) is 11.5 Å². The molecule has 1 atom stereocenters. The molecule has 2 aromatic rings. The summed E-state index contributed by atoms with van der Waals surface area (Å²) in [5, 5.41) is 0.441. The van der Waals surface area contributed by atoms with Crippen LogP contribution in [-0.2, 0) is 12.0 Å². The van der Waals surface area contributed by atoms with Gasteiger partial charge in [0.15, 0.2) is 11.0 Å². The highest BCUT2D eigenvalue weighted by Gasteiger charge is 2.46. The number of rotatable bonds is 5.